The second-order valence-electron chi connectivity index (χ2n) is 4.22. The van der Waals surface area contributed by atoms with Crippen molar-refractivity contribution < 1.29 is 5.11 Å². The van der Waals surface area contributed by atoms with Crippen LogP contribution in [0.3, 0.4) is 0 Å². The molecule has 0 amide bonds. The minimum atomic E-state index is -0.120. The predicted molar refractivity (Wildman–Crippen MR) is 69.4 cm³/mol. The third-order valence-electron chi connectivity index (χ3n) is 3.03. The summed E-state index contributed by atoms with van der Waals surface area (Å²) in [6.45, 7) is 1.00. The van der Waals surface area contributed by atoms with E-state index in [4.69, 9.17) is 5.11 Å². The molecule has 1 fully saturated rings. The third-order valence-corrected chi connectivity index (χ3v) is 4.03. The first kappa shape index (κ1) is 11.8. The number of halogens is 1. The molecule has 88 valence electrons. The fraction of sp³-hybridized carbons (Fsp3) is 0.600. The van der Waals surface area contributed by atoms with Gasteiger partial charge in [0.25, 0.3) is 5.56 Å². The number of nitrogens with one attached hydrogen (secondary N) is 2. The molecule has 0 aliphatic heterocycles. The summed E-state index contributed by atoms with van der Waals surface area (Å²) in [6, 6.07) is 0. The Morgan fingerprint density at radius 3 is 3.00 bits per heavy atom. The van der Waals surface area contributed by atoms with Crippen molar-refractivity contribution in [2.45, 2.75) is 19.3 Å². The van der Waals surface area contributed by atoms with E-state index in [2.05, 4.69) is 15.3 Å². The van der Waals surface area contributed by atoms with E-state index in [1.807, 2.05) is 22.6 Å². The quantitative estimate of drug-likeness (QED) is 0.700. The number of rotatable bonds is 5. The van der Waals surface area contributed by atoms with Gasteiger partial charge in [-0.2, -0.15) is 0 Å². The molecule has 0 radical (unpaired) electrons. The Hall–Kier alpha value is -0.630. The molecule has 0 aromatic carbocycles. The molecule has 1 saturated carbocycles. The zero-order valence-corrected chi connectivity index (χ0v) is 11.0. The van der Waals surface area contributed by atoms with Crippen molar-refractivity contribution in [3.63, 3.8) is 0 Å². The van der Waals surface area contributed by atoms with Gasteiger partial charge in [-0.15, -0.1) is 0 Å². The monoisotopic (exact) mass is 335 g/mol. The molecule has 1 aliphatic carbocycles. The molecule has 1 aliphatic rings. The summed E-state index contributed by atoms with van der Waals surface area (Å²) in [7, 11) is 0. The Morgan fingerprint density at radius 1 is 1.62 bits per heavy atom. The van der Waals surface area contributed by atoms with Crippen LogP contribution < -0.4 is 10.9 Å². The Bertz CT molecular complexity index is 428. The number of hydrogen-bond acceptors (Lipinski definition) is 4. The molecule has 2 rings (SSSR count). The van der Waals surface area contributed by atoms with Gasteiger partial charge in [0.1, 0.15) is 9.39 Å². The predicted octanol–water partition coefficient (Wildman–Crippen LogP) is 0.949. The van der Waals surface area contributed by atoms with Crippen LogP contribution in [0, 0.1) is 8.99 Å². The molecular weight excluding hydrogens is 321 g/mol. The van der Waals surface area contributed by atoms with Gasteiger partial charge in [0, 0.05) is 13.2 Å². The average Bonchev–Trinajstić information content (AvgIpc) is 3.02. The molecule has 0 spiro atoms. The van der Waals surface area contributed by atoms with Gasteiger partial charge in [-0.25, -0.2) is 4.98 Å². The van der Waals surface area contributed by atoms with E-state index in [0.717, 1.165) is 25.8 Å². The van der Waals surface area contributed by atoms with Crippen molar-refractivity contribution in [2.24, 2.45) is 5.41 Å². The summed E-state index contributed by atoms with van der Waals surface area (Å²) in [5.41, 5.74) is 0.104. The van der Waals surface area contributed by atoms with E-state index in [0.29, 0.717) is 9.39 Å². The first-order chi connectivity index (χ1) is 7.67. The highest BCUT2D eigenvalue weighted by atomic mass is 127. The zero-order valence-electron chi connectivity index (χ0n) is 8.79. The normalized spacial score (nSPS) is 17.1. The van der Waals surface area contributed by atoms with Crippen molar-refractivity contribution in [3.05, 3.63) is 20.3 Å². The molecule has 0 saturated heterocycles. The molecule has 3 N–H and O–H groups in total. The lowest BCUT2D eigenvalue weighted by Crippen LogP contribution is -2.21. The summed E-state index contributed by atoms with van der Waals surface area (Å²) in [5, 5.41) is 12.1. The average molecular weight is 335 g/mol. The molecular formula is C10H14IN3O2. The van der Waals surface area contributed by atoms with Gasteiger partial charge >= 0.3 is 0 Å². The van der Waals surface area contributed by atoms with Gasteiger partial charge in [0.2, 0.25) is 0 Å². The lowest BCUT2D eigenvalue weighted by atomic mass is 10.0. The summed E-state index contributed by atoms with van der Waals surface area (Å²) in [5.74, 6) is 0.633. The molecule has 0 bridgehead atoms. The maximum Gasteiger partial charge on any atom is 0.266 e. The second-order valence-corrected chi connectivity index (χ2v) is 5.30. The molecule has 0 unspecified atom stereocenters. The lowest BCUT2D eigenvalue weighted by molar-refractivity contribution is 0.253. The summed E-state index contributed by atoms with van der Waals surface area (Å²) in [6.07, 6.45) is 4.50. The van der Waals surface area contributed by atoms with Crippen LogP contribution in [0.1, 0.15) is 19.3 Å². The van der Waals surface area contributed by atoms with Gasteiger partial charge in [-0.3, -0.25) is 4.79 Å². The first-order valence-corrected chi connectivity index (χ1v) is 6.33. The second kappa shape index (κ2) is 4.70. The van der Waals surface area contributed by atoms with Gasteiger partial charge in [0.05, 0.1) is 6.33 Å². The summed E-state index contributed by atoms with van der Waals surface area (Å²) in [4.78, 5) is 17.9. The molecule has 1 aromatic rings. The smallest absolute Gasteiger partial charge is 0.266 e. The van der Waals surface area contributed by atoms with Gasteiger partial charge in [-0.1, -0.05) is 0 Å². The topological polar surface area (TPSA) is 78.0 Å². The van der Waals surface area contributed by atoms with Gasteiger partial charge < -0.3 is 15.4 Å². The van der Waals surface area contributed by atoms with E-state index in [-0.39, 0.29) is 17.6 Å². The largest absolute Gasteiger partial charge is 0.396 e. The van der Waals surface area contributed by atoms with E-state index in [1.54, 1.807) is 0 Å². The number of aliphatic hydroxyl groups is 1. The molecule has 1 heterocycles. The zero-order chi connectivity index (χ0) is 11.6. The number of aromatic nitrogens is 2. The Labute approximate surface area is 107 Å². The maximum absolute atomic E-state index is 11.3. The van der Waals surface area contributed by atoms with Gasteiger partial charge in [0.15, 0.2) is 0 Å². The van der Waals surface area contributed by atoms with E-state index < -0.39 is 0 Å². The molecule has 6 heteroatoms. The highest BCUT2D eigenvalue weighted by Gasteiger charge is 2.41. The summed E-state index contributed by atoms with van der Waals surface area (Å²) >= 11 is 1.98. The van der Waals surface area contributed by atoms with Crippen LogP contribution in [-0.2, 0) is 0 Å². The molecule has 1 aromatic heterocycles. The first-order valence-electron chi connectivity index (χ1n) is 5.25. The van der Waals surface area contributed by atoms with Crippen LogP contribution in [0.2, 0.25) is 0 Å². The number of aliphatic hydroxyl groups excluding tert-OH is 1. The van der Waals surface area contributed by atoms with Gasteiger partial charge in [-0.05, 0) is 47.3 Å². The van der Waals surface area contributed by atoms with Crippen molar-refractivity contribution >= 4 is 28.4 Å². The third kappa shape index (κ3) is 2.54. The number of H-pyrrole nitrogens is 1. The van der Waals surface area contributed by atoms with E-state index >= 15 is 0 Å². The lowest BCUT2D eigenvalue weighted by Gasteiger charge is -2.15. The standard InChI is InChI=1S/C10H14IN3O2/c11-7-8(13-6-14-9(7)16)12-5-10(1-2-10)3-4-15/h6,15H,1-5H2,(H2,12,13,14,16). The van der Waals surface area contributed by atoms with Crippen molar-refractivity contribution in [2.75, 3.05) is 18.5 Å². The van der Waals surface area contributed by atoms with Crippen molar-refractivity contribution in [1.29, 1.82) is 0 Å². The summed E-state index contributed by atoms with van der Waals surface area (Å²) < 4.78 is 0.583. The van der Waals surface area contributed by atoms with Crippen LogP contribution in [0.15, 0.2) is 11.1 Å². The van der Waals surface area contributed by atoms with Crippen molar-refractivity contribution in [3.8, 4) is 0 Å². The van der Waals surface area contributed by atoms with Crippen LogP contribution in [-0.4, -0.2) is 28.2 Å². The maximum atomic E-state index is 11.3. The molecule has 16 heavy (non-hydrogen) atoms. The van der Waals surface area contributed by atoms with E-state index in [9.17, 15) is 4.79 Å². The number of hydrogen-bond donors (Lipinski definition) is 3. The van der Waals surface area contributed by atoms with Crippen LogP contribution >= 0.6 is 22.6 Å². The minimum absolute atomic E-state index is 0.120. The van der Waals surface area contributed by atoms with Crippen LogP contribution in [0.25, 0.3) is 0 Å². The highest BCUT2D eigenvalue weighted by Crippen LogP contribution is 2.48. The number of nitrogens with zero attached hydrogens (tertiary/aromatic N) is 1. The fourth-order valence-electron chi connectivity index (χ4n) is 1.71. The Morgan fingerprint density at radius 2 is 2.38 bits per heavy atom. The van der Waals surface area contributed by atoms with Crippen molar-refractivity contribution in [1.82, 2.24) is 9.97 Å². The Kier molecular flexibility index (Phi) is 3.48. The highest BCUT2D eigenvalue weighted by molar-refractivity contribution is 14.1. The minimum Gasteiger partial charge on any atom is -0.396 e. The van der Waals surface area contributed by atoms with Crippen LogP contribution in [0.4, 0.5) is 5.82 Å². The van der Waals surface area contributed by atoms with Crippen LogP contribution in [0.5, 0.6) is 0 Å². The number of anilines is 1. The Balaban J connectivity index is 2.00. The van der Waals surface area contributed by atoms with E-state index in [1.165, 1.54) is 6.33 Å². The molecule has 5 nitrogen and oxygen atoms in total. The molecule has 0 atom stereocenters. The SMILES string of the molecule is O=c1[nH]cnc(NCC2(CCO)CC2)c1I. The fourth-order valence-corrected chi connectivity index (χ4v) is 2.19. The number of aromatic amines is 1.